The van der Waals surface area contributed by atoms with Gasteiger partial charge in [0.25, 0.3) is 0 Å². The molecule has 23 heavy (non-hydrogen) atoms. The third kappa shape index (κ3) is 4.86. The standard InChI is InChI=1S/C18H20FN3S/c1-4-17(14-6-8-15(19)9-7-14)21-22-18(23)20-16-10-5-12(2)13(3)11-16/h5-11H,4H2,1-3H3,(H2,20,22,23)/b21-17+. The zero-order valence-electron chi connectivity index (χ0n) is 13.5. The van der Waals surface area contributed by atoms with Gasteiger partial charge in [0.2, 0.25) is 0 Å². The third-order valence-electron chi connectivity index (χ3n) is 3.57. The molecule has 2 rings (SSSR count). The molecule has 0 saturated heterocycles. The molecule has 0 heterocycles. The van der Waals surface area contributed by atoms with Crippen LogP contribution in [0.2, 0.25) is 0 Å². The fraction of sp³-hybridized carbons (Fsp3) is 0.222. The van der Waals surface area contributed by atoms with Crippen LogP contribution in [0.3, 0.4) is 0 Å². The van der Waals surface area contributed by atoms with Gasteiger partial charge in [0.1, 0.15) is 5.82 Å². The van der Waals surface area contributed by atoms with Gasteiger partial charge in [0.05, 0.1) is 5.71 Å². The summed E-state index contributed by atoms with van der Waals surface area (Å²) >= 11 is 5.26. The highest BCUT2D eigenvalue weighted by atomic mass is 32.1. The molecule has 0 atom stereocenters. The predicted molar refractivity (Wildman–Crippen MR) is 98.5 cm³/mol. The van der Waals surface area contributed by atoms with Crippen LogP contribution in [0.5, 0.6) is 0 Å². The maximum absolute atomic E-state index is 13.0. The van der Waals surface area contributed by atoms with Crippen molar-refractivity contribution in [3.05, 3.63) is 65.0 Å². The number of hydrazone groups is 1. The first kappa shape index (κ1) is 17.1. The van der Waals surface area contributed by atoms with Crippen LogP contribution in [-0.2, 0) is 0 Å². The van der Waals surface area contributed by atoms with E-state index in [4.69, 9.17) is 12.2 Å². The van der Waals surface area contributed by atoms with Crippen molar-refractivity contribution in [2.24, 2.45) is 5.10 Å². The van der Waals surface area contributed by atoms with Gasteiger partial charge in [-0.2, -0.15) is 5.10 Å². The zero-order valence-corrected chi connectivity index (χ0v) is 14.3. The molecule has 2 N–H and O–H groups in total. The van der Waals surface area contributed by atoms with Gasteiger partial charge in [-0.3, -0.25) is 5.43 Å². The molecule has 0 fully saturated rings. The van der Waals surface area contributed by atoms with E-state index in [0.717, 1.165) is 17.0 Å². The van der Waals surface area contributed by atoms with E-state index in [9.17, 15) is 4.39 Å². The summed E-state index contributed by atoms with van der Waals surface area (Å²) in [7, 11) is 0. The van der Waals surface area contributed by atoms with Gasteiger partial charge in [0.15, 0.2) is 5.11 Å². The van der Waals surface area contributed by atoms with E-state index >= 15 is 0 Å². The lowest BCUT2D eigenvalue weighted by atomic mass is 10.1. The molecule has 0 spiro atoms. The lowest BCUT2D eigenvalue weighted by Crippen LogP contribution is -2.25. The Balaban J connectivity index is 2.03. The van der Waals surface area contributed by atoms with Crippen LogP contribution in [0.25, 0.3) is 0 Å². The molecule has 120 valence electrons. The summed E-state index contributed by atoms with van der Waals surface area (Å²) in [6.07, 6.45) is 0.713. The monoisotopic (exact) mass is 329 g/mol. The molecule has 0 radical (unpaired) electrons. The number of halogens is 1. The number of hydrogen-bond acceptors (Lipinski definition) is 2. The maximum Gasteiger partial charge on any atom is 0.191 e. The van der Waals surface area contributed by atoms with Crippen molar-refractivity contribution in [1.29, 1.82) is 0 Å². The van der Waals surface area contributed by atoms with Gasteiger partial charge in [0, 0.05) is 5.69 Å². The Kier molecular flexibility index (Phi) is 5.82. The summed E-state index contributed by atoms with van der Waals surface area (Å²) in [5.41, 5.74) is 7.88. The Hall–Kier alpha value is -2.27. The number of benzene rings is 2. The number of nitrogens with zero attached hydrogens (tertiary/aromatic N) is 1. The molecule has 0 bridgehead atoms. The average Bonchev–Trinajstić information content (AvgIpc) is 2.53. The smallest absolute Gasteiger partial charge is 0.191 e. The Morgan fingerprint density at radius 2 is 1.78 bits per heavy atom. The molecule has 2 aromatic carbocycles. The van der Waals surface area contributed by atoms with Crippen LogP contribution in [0.15, 0.2) is 47.6 Å². The summed E-state index contributed by atoms with van der Waals surface area (Å²) in [4.78, 5) is 0. The molecular formula is C18H20FN3S. The molecule has 0 aliphatic carbocycles. The van der Waals surface area contributed by atoms with Crippen LogP contribution in [0.1, 0.15) is 30.0 Å². The van der Waals surface area contributed by atoms with Gasteiger partial charge in [-0.1, -0.05) is 25.1 Å². The van der Waals surface area contributed by atoms with E-state index in [0.29, 0.717) is 11.5 Å². The highest BCUT2D eigenvalue weighted by Gasteiger charge is 2.03. The largest absolute Gasteiger partial charge is 0.331 e. The fourth-order valence-corrected chi connectivity index (χ4v) is 2.25. The summed E-state index contributed by atoms with van der Waals surface area (Å²) in [5.74, 6) is -0.260. The number of nitrogens with one attached hydrogen (secondary N) is 2. The first-order valence-electron chi connectivity index (χ1n) is 7.46. The van der Waals surface area contributed by atoms with E-state index in [1.165, 1.54) is 23.3 Å². The molecule has 0 aliphatic rings. The first-order chi connectivity index (χ1) is 11.0. The van der Waals surface area contributed by atoms with Crippen molar-refractivity contribution in [2.75, 3.05) is 5.32 Å². The molecule has 0 aliphatic heterocycles. The molecule has 5 heteroatoms. The number of rotatable bonds is 4. The summed E-state index contributed by atoms with van der Waals surface area (Å²) < 4.78 is 13.0. The van der Waals surface area contributed by atoms with Gasteiger partial charge in [-0.05, 0) is 73.4 Å². The minimum Gasteiger partial charge on any atom is -0.331 e. The van der Waals surface area contributed by atoms with Crippen LogP contribution < -0.4 is 10.7 Å². The van der Waals surface area contributed by atoms with Crippen molar-refractivity contribution in [1.82, 2.24) is 5.43 Å². The van der Waals surface area contributed by atoms with E-state index in [1.807, 2.05) is 25.1 Å². The Morgan fingerprint density at radius 3 is 2.39 bits per heavy atom. The van der Waals surface area contributed by atoms with Crippen molar-refractivity contribution in [3.63, 3.8) is 0 Å². The topological polar surface area (TPSA) is 36.4 Å². The lowest BCUT2D eigenvalue weighted by molar-refractivity contribution is 0.627. The second-order valence-electron chi connectivity index (χ2n) is 5.28. The molecule has 0 aromatic heterocycles. The van der Waals surface area contributed by atoms with Crippen molar-refractivity contribution >= 4 is 28.7 Å². The fourth-order valence-electron chi connectivity index (χ4n) is 2.09. The van der Waals surface area contributed by atoms with Gasteiger partial charge < -0.3 is 5.32 Å². The average molecular weight is 329 g/mol. The third-order valence-corrected chi connectivity index (χ3v) is 3.76. The SMILES string of the molecule is CC/C(=N\NC(=S)Nc1ccc(C)c(C)c1)c1ccc(F)cc1. The molecule has 0 saturated carbocycles. The van der Waals surface area contributed by atoms with Crippen molar-refractivity contribution in [3.8, 4) is 0 Å². The van der Waals surface area contributed by atoms with Gasteiger partial charge in [-0.15, -0.1) is 0 Å². The van der Waals surface area contributed by atoms with Gasteiger partial charge >= 0.3 is 0 Å². The maximum atomic E-state index is 13.0. The molecule has 2 aromatic rings. The van der Waals surface area contributed by atoms with Crippen LogP contribution in [0.4, 0.5) is 10.1 Å². The van der Waals surface area contributed by atoms with Crippen molar-refractivity contribution in [2.45, 2.75) is 27.2 Å². The minimum absolute atomic E-state index is 0.260. The van der Waals surface area contributed by atoms with E-state index in [1.54, 1.807) is 12.1 Å². The lowest BCUT2D eigenvalue weighted by Gasteiger charge is -2.10. The number of anilines is 1. The normalized spacial score (nSPS) is 11.2. The summed E-state index contributed by atoms with van der Waals surface area (Å²) in [6.45, 7) is 6.11. The first-order valence-corrected chi connectivity index (χ1v) is 7.87. The van der Waals surface area contributed by atoms with Crippen LogP contribution >= 0.6 is 12.2 Å². The predicted octanol–water partition coefficient (Wildman–Crippen LogP) is 4.54. The zero-order chi connectivity index (χ0) is 16.8. The number of thiocarbonyl (C=S) groups is 1. The number of hydrogen-bond donors (Lipinski definition) is 2. The molecule has 3 nitrogen and oxygen atoms in total. The summed E-state index contributed by atoms with van der Waals surface area (Å²) in [6, 6.07) is 12.3. The highest BCUT2D eigenvalue weighted by Crippen LogP contribution is 2.14. The van der Waals surface area contributed by atoms with E-state index in [-0.39, 0.29) is 5.82 Å². The van der Waals surface area contributed by atoms with Crippen molar-refractivity contribution < 1.29 is 4.39 Å². The van der Waals surface area contributed by atoms with E-state index < -0.39 is 0 Å². The van der Waals surface area contributed by atoms with Gasteiger partial charge in [-0.25, -0.2) is 4.39 Å². The Morgan fingerprint density at radius 1 is 1.09 bits per heavy atom. The van der Waals surface area contributed by atoms with Crippen LogP contribution in [0, 0.1) is 19.7 Å². The second-order valence-corrected chi connectivity index (χ2v) is 5.69. The second kappa shape index (κ2) is 7.83. The quantitative estimate of drug-likeness (QED) is 0.491. The Bertz CT molecular complexity index is 724. The van der Waals surface area contributed by atoms with Crippen LogP contribution in [-0.4, -0.2) is 10.8 Å². The summed E-state index contributed by atoms with van der Waals surface area (Å²) in [5, 5.41) is 7.84. The minimum atomic E-state index is -0.260. The highest BCUT2D eigenvalue weighted by molar-refractivity contribution is 7.80. The Labute approximate surface area is 141 Å². The number of aryl methyl sites for hydroxylation is 2. The molecule has 0 amide bonds. The van der Waals surface area contributed by atoms with E-state index in [2.05, 4.69) is 29.7 Å². The molecular weight excluding hydrogens is 309 g/mol. The molecule has 0 unspecified atom stereocenters.